The summed E-state index contributed by atoms with van der Waals surface area (Å²) in [6, 6.07) is 7.16. The average molecular weight is 221 g/mol. The second kappa shape index (κ2) is 5.09. The molecule has 0 unspecified atom stereocenters. The van der Waals surface area contributed by atoms with Gasteiger partial charge in [-0.2, -0.15) is 0 Å². The third-order valence-corrected chi connectivity index (χ3v) is 2.60. The van der Waals surface area contributed by atoms with Gasteiger partial charge in [0.05, 0.1) is 6.61 Å². The van der Waals surface area contributed by atoms with E-state index in [-0.39, 0.29) is 18.6 Å². The number of anilines is 1. The Morgan fingerprint density at radius 1 is 1.56 bits per heavy atom. The zero-order valence-electron chi connectivity index (χ0n) is 8.98. The molecule has 0 aromatic heterocycles. The van der Waals surface area contributed by atoms with Crippen molar-refractivity contribution in [1.82, 2.24) is 0 Å². The number of nitrogens with one attached hydrogen (secondary N) is 1. The predicted molar refractivity (Wildman–Crippen MR) is 60.0 cm³/mol. The van der Waals surface area contributed by atoms with E-state index in [0.29, 0.717) is 12.3 Å². The largest absolute Gasteiger partial charge is 0.392 e. The topological polar surface area (TPSA) is 58.6 Å². The molecule has 1 aromatic carbocycles. The molecule has 1 aliphatic heterocycles. The summed E-state index contributed by atoms with van der Waals surface area (Å²) in [7, 11) is 0. The van der Waals surface area contributed by atoms with Gasteiger partial charge in [-0.3, -0.25) is 4.79 Å². The first kappa shape index (κ1) is 11.1. The van der Waals surface area contributed by atoms with Crippen LogP contribution in [0.5, 0.6) is 0 Å². The van der Waals surface area contributed by atoms with E-state index < -0.39 is 0 Å². The van der Waals surface area contributed by atoms with Crippen molar-refractivity contribution >= 4 is 11.6 Å². The summed E-state index contributed by atoms with van der Waals surface area (Å²) in [5.41, 5.74) is 1.48. The molecule has 0 spiro atoms. The van der Waals surface area contributed by atoms with Gasteiger partial charge in [0.25, 0.3) is 5.91 Å². The Labute approximate surface area is 94.2 Å². The van der Waals surface area contributed by atoms with Gasteiger partial charge in [0, 0.05) is 12.3 Å². The summed E-state index contributed by atoms with van der Waals surface area (Å²) in [5.74, 6) is -0.104. The Morgan fingerprint density at radius 2 is 2.44 bits per heavy atom. The first-order valence-corrected chi connectivity index (χ1v) is 5.42. The third-order valence-electron chi connectivity index (χ3n) is 2.60. The van der Waals surface area contributed by atoms with Crippen LogP contribution in [0.3, 0.4) is 0 Å². The molecule has 0 radical (unpaired) electrons. The number of carbonyl (C=O) groups is 1. The van der Waals surface area contributed by atoms with Crippen LogP contribution < -0.4 is 5.32 Å². The van der Waals surface area contributed by atoms with E-state index in [9.17, 15) is 4.79 Å². The van der Waals surface area contributed by atoms with Gasteiger partial charge < -0.3 is 15.2 Å². The molecule has 1 atom stereocenters. The smallest absolute Gasteiger partial charge is 0.253 e. The van der Waals surface area contributed by atoms with E-state index in [1.54, 1.807) is 18.2 Å². The van der Waals surface area contributed by atoms with Gasteiger partial charge in [-0.25, -0.2) is 0 Å². The van der Waals surface area contributed by atoms with Crippen molar-refractivity contribution in [3.05, 3.63) is 29.8 Å². The summed E-state index contributed by atoms with van der Waals surface area (Å²) in [6.45, 7) is 0.637. The Balaban J connectivity index is 1.99. The number of rotatable bonds is 3. The highest BCUT2D eigenvalue weighted by Gasteiger charge is 2.23. The molecule has 0 bridgehead atoms. The van der Waals surface area contributed by atoms with Gasteiger partial charge in [-0.15, -0.1) is 0 Å². The number of aliphatic hydroxyl groups excluding tert-OH is 1. The maximum absolute atomic E-state index is 11.7. The van der Waals surface area contributed by atoms with Crippen LogP contribution in [0.4, 0.5) is 5.69 Å². The molecular weight excluding hydrogens is 206 g/mol. The monoisotopic (exact) mass is 221 g/mol. The molecule has 1 amide bonds. The molecule has 1 fully saturated rings. The van der Waals surface area contributed by atoms with E-state index >= 15 is 0 Å². The quantitative estimate of drug-likeness (QED) is 0.808. The Kier molecular flexibility index (Phi) is 3.54. The highest BCUT2D eigenvalue weighted by atomic mass is 16.5. The number of benzene rings is 1. The van der Waals surface area contributed by atoms with Crippen molar-refractivity contribution in [3.63, 3.8) is 0 Å². The standard InChI is InChI=1S/C12H15NO3/c14-8-9-3-1-4-10(7-9)13-12(15)11-5-2-6-16-11/h1,3-4,7,11,14H,2,5-6,8H2,(H,13,15)/t11-/m0/s1. The van der Waals surface area contributed by atoms with Gasteiger partial charge in [0.1, 0.15) is 6.10 Å². The maximum atomic E-state index is 11.7. The van der Waals surface area contributed by atoms with E-state index in [2.05, 4.69) is 5.32 Å². The van der Waals surface area contributed by atoms with Crippen molar-refractivity contribution < 1.29 is 14.6 Å². The zero-order valence-corrected chi connectivity index (χ0v) is 8.98. The highest BCUT2D eigenvalue weighted by molar-refractivity contribution is 5.94. The van der Waals surface area contributed by atoms with Crippen LogP contribution in [0.25, 0.3) is 0 Å². The number of amides is 1. The lowest BCUT2D eigenvalue weighted by molar-refractivity contribution is -0.124. The van der Waals surface area contributed by atoms with Crippen LogP contribution in [0.15, 0.2) is 24.3 Å². The molecule has 1 saturated heterocycles. The van der Waals surface area contributed by atoms with Crippen molar-refractivity contribution in [2.75, 3.05) is 11.9 Å². The molecule has 4 heteroatoms. The van der Waals surface area contributed by atoms with Crippen LogP contribution in [0.2, 0.25) is 0 Å². The first-order chi connectivity index (χ1) is 7.79. The van der Waals surface area contributed by atoms with Gasteiger partial charge in [0.2, 0.25) is 0 Å². The number of hydrogen-bond donors (Lipinski definition) is 2. The molecule has 2 N–H and O–H groups in total. The van der Waals surface area contributed by atoms with Gasteiger partial charge in [-0.1, -0.05) is 12.1 Å². The van der Waals surface area contributed by atoms with E-state index in [1.807, 2.05) is 6.07 Å². The van der Waals surface area contributed by atoms with E-state index in [4.69, 9.17) is 9.84 Å². The fourth-order valence-electron chi connectivity index (χ4n) is 1.75. The third kappa shape index (κ3) is 2.59. The second-order valence-corrected chi connectivity index (χ2v) is 3.85. The Hall–Kier alpha value is -1.39. The van der Waals surface area contributed by atoms with E-state index in [1.165, 1.54) is 0 Å². The van der Waals surface area contributed by atoms with Gasteiger partial charge >= 0.3 is 0 Å². The lowest BCUT2D eigenvalue weighted by Gasteiger charge is -2.10. The first-order valence-electron chi connectivity index (χ1n) is 5.42. The van der Waals surface area contributed by atoms with Crippen LogP contribution in [-0.4, -0.2) is 23.7 Å². The molecule has 86 valence electrons. The van der Waals surface area contributed by atoms with Gasteiger partial charge in [-0.05, 0) is 30.5 Å². The lowest BCUT2D eigenvalue weighted by atomic mass is 10.2. The van der Waals surface area contributed by atoms with Crippen LogP contribution in [0.1, 0.15) is 18.4 Å². The fraction of sp³-hybridized carbons (Fsp3) is 0.417. The molecule has 16 heavy (non-hydrogen) atoms. The number of hydrogen-bond acceptors (Lipinski definition) is 3. The second-order valence-electron chi connectivity index (χ2n) is 3.85. The molecule has 0 aliphatic carbocycles. The summed E-state index contributed by atoms with van der Waals surface area (Å²) in [4.78, 5) is 11.7. The summed E-state index contributed by atoms with van der Waals surface area (Å²) in [6.07, 6.45) is 1.40. The molecule has 4 nitrogen and oxygen atoms in total. The van der Waals surface area contributed by atoms with Crippen LogP contribution in [-0.2, 0) is 16.1 Å². The molecule has 2 rings (SSSR count). The minimum atomic E-state index is -0.321. The molecular formula is C12H15NO3. The van der Waals surface area contributed by atoms with Crippen molar-refractivity contribution in [2.24, 2.45) is 0 Å². The minimum absolute atomic E-state index is 0.0242. The molecule has 1 aromatic rings. The fourth-order valence-corrected chi connectivity index (χ4v) is 1.75. The summed E-state index contributed by atoms with van der Waals surface area (Å²) in [5, 5.41) is 11.8. The SMILES string of the molecule is O=C(Nc1cccc(CO)c1)[C@@H]1CCCO1. The maximum Gasteiger partial charge on any atom is 0.253 e. The predicted octanol–water partition coefficient (Wildman–Crippen LogP) is 1.30. The highest BCUT2D eigenvalue weighted by Crippen LogP contribution is 2.16. The molecule has 1 heterocycles. The molecule has 1 aliphatic rings. The summed E-state index contributed by atoms with van der Waals surface area (Å²) >= 11 is 0. The Morgan fingerprint density at radius 3 is 3.12 bits per heavy atom. The normalized spacial score (nSPS) is 19.7. The van der Waals surface area contributed by atoms with E-state index in [0.717, 1.165) is 18.4 Å². The number of ether oxygens (including phenoxy) is 1. The van der Waals surface area contributed by atoms with Crippen LogP contribution in [0, 0.1) is 0 Å². The summed E-state index contributed by atoms with van der Waals surface area (Å²) < 4.78 is 5.28. The number of carbonyl (C=O) groups excluding carboxylic acids is 1. The van der Waals surface area contributed by atoms with Crippen molar-refractivity contribution in [3.8, 4) is 0 Å². The van der Waals surface area contributed by atoms with Crippen molar-refractivity contribution in [2.45, 2.75) is 25.6 Å². The molecule has 0 saturated carbocycles. The Bertz CT molecular complexity index is 372. The van der Waals surface area contributed by atoms with Gasteiger partial charge in [0.15, 0.2) is 0 Å². The van der Waals surface area contributed by atoms with Crippen LogP contribution >= 0.6 is 0 Å². The number of aliphatic hydroxyl groups is 1. The zero-order chi connectivity index (χ0) is 11.4. The average Bonchev–Trinajstić information content (AvgIpc) is 2.83. The minimum Gasteiger partial charge on any atom is -0.392 e. The van der Waals surface area contributed by atoms with Crippen molar-refractivity contribution in [1.29, 1.82) is 0 Å². The lowest BCUT2D eigenvalue weighted by Crippen LogP contribution is -2.26.